The topological polar surface area (TPSA) is 15.7 Å². The zero-order valence-corrected chi connectivity index (χ0v) is 16.4. The Balaban J connectivity index is 0.00000182. The molecule has 2 heterocycles. The van der Waals surface area contributed by atoms with Crippen LogP contribution in [0.25, 0.3) is 0 Å². The first-order valence-electron chi connectivity index (χ1n) is 8.45. The molecule has 0 amide bonds. The van der Waals surface area contributed by atoms with Gasteiger partial charge in [-0.25, -0.2) is 0 Å². The fourth-order valence-corrected chi connectivity index (χ4v) is 4.56. The Morgan fingerprint density at radius 1 is 0.960 bits per heavy atom. The number of para-hydroxylation sites is 1. The van der Waals surface area contributed by atoms with E-state index in [1.807, 2.05) is 17.8 Å². The van der Waals surface area contributed by atoms with Crippen LogP contribution in [-0.2, 0) is 4.74 Å². The molecule has 0 bridgehead atoms. The zero-order chi connectivity index (χ0) is 16.4. The third-order valence-corrected chi connectivity index (χ3v) is 5.91. The Labute approximate surface area is 164 Å². The van der Waals surface area contributed by atoms with E-state index in [4.69, 9.17) is 16.3 Å². The lowest BCUT2D eigenvalue weighted by Gasteiger charge is -2.34. The van der Waals surface area contributed by atoms with Crippen LogP contribution in [0.5, 0.6) is 0 Å². The minimum Gasteiger partial charge on any atom is -0.379 e. The summed E-state index contributed by atoms with van der Waals surface area (Å²) in [7, 11) is 0. The minimum absolute atomic E-state index is 0. The van der Waals surface area contributed by atoms with Crippen LogP contribution in [0.15, 0.2) is 52.3 Å². The number of hydrogen-bond donors (Lipinski definition) is 0. The number of rotatable bonds is 4. The van der Waals surface area contributed by atoms with Crippen LogP contribution in [0.1, 0.15) is 6.42 Å². The second-order valence-electron chi connectivity index (χ2n) is 6.14. The largest absolute Gasteiger partial charge is 0.379 e. The van der Waals surface area contributed by atoms with E-state index < -0.39 is 0 Å². The molecule has 0 unspecified atom stereocenters. The van der Waals surface area contributed by atoms with E-state index in [1.165, 1.54) is 21.2 Å². The van der Waals surface area contributed by atoms with Crippen molar-refractivity contribution in [3.05, 3.63) is 47.5 Å². The van der Waals surface area contributed by atoms with Gasteiger partial charge < -0.3 is 9.64 Å². The smallest absolute Gasteiger partial charge is 0.0594 e. The summed E-state index contributed by atoms with van der Waals surface area (Å²) in [6.07, 6.45) is 1.13. The molecule has 2 aromatic rings. The Kier molecular flexibility index (Phi) is 6.53. The molecule has 2 aliphatic rings. The molecule has 4 rings (SSSR count). The summed E-state index contributed by atoms with van der Waals surface area (Å²) in [6, 6.07) is 14.8. The van der Waals surface area contributed by atoms with Crippen LogP contribution in [0.4, 0.5) is 11.4 Å². The van der Waals surface area contributed by atoms with E-state index in [2.05, 4.69) is 46.2 Å². The highest BCUT2D eigenvalue weighted by Crippen LogP contribution is 2.48. The van der Waals surface area contributed by atoms with Gasteiger partial charge in [0.25, 0.3) is 0 Å². The van der Waals surface area contributed by atoms with Crippen molar-refractivity contribution in [1.29, 1.82) is 0 Å². The monoisotopic (exact) mass is 396 g/mol. The molecule has 1 fully saturated rings. The molecule has 0 radical (unpaired) electrons. The summed E-state index contributed by atoms with van der Waals surface area (Å²) in [4.78, 5) is 7.52. The first-order valence-corrected chi connectivity index (χ1v) is 9.65. The molecule has 3 nitrogen and oxygen atoms in total. The lowest BCUT2D eigenvalue weighted by molar-refractivity contribution is 0.0377. The third kappa shape index (κ3) is 4.26. The summed E-state index contributed by atoms with van der Waals surface area (Å²) >= 11 is 8.10. The van der Waals surface area contributed by atoms with Gasteiger partial charge in [0, 0.05) is 41.0 Å². The molecule has 0 aliphatic carbocycles. The molecule has 1 saturated heterocycles. The van der Waals surface area contributed by atoms with Gasteiger partial charge in [-0.2, -0.15) is 0 Å². The number of fused-ring (bicyclic) bond motifs is 2. The number of halogens is 2. The quantitative estimate of drug-likeness (QED) is 0.714. The first-order chi connectivity index (χ1) is 11.8. The van der Waals surface area contributed by atoms with Gasteiger partial charge in [0.2, 0.25) is 0 Å². The van der Waals surface area contributed by atoms with E-state index in [-0.39, 0.29) is 12.4 Å². The van der Waals surface area contributed by atoms with E-state index in [0.717, 1.165) is 50.8 Å². The highest BCUT2D eigenvalue weighted by atomic mass is 35.5. The molecule has 25 heavy (non-hydrogen) atoms. The number of benzene rings is 2. The molecular formula is C19H22Cl2N2OS. The maximum atomic E-state index is 6.27. The number of hydrogen-bond acceptors (Lipinski definition) is 4. The van der Waals surface area contributed by atoms with E-state index in [0.29, 0.717) is 0 Å². The van der Waals surface area contributed by atoms with Crippen molar-refractivity contribution in [3.63, 3.8) is 0 Å². The highest BCUT2D eigenvalue weighted by molar-refractivity contribution is 7.99. The highest BCUT2D eigenvalue weighted by Gasteiger charge is 2.23. The van der Waals surface area contributed by atoms with Gasteiger partial charge in [0.05, 0.1) is 24.6 Å². The Morgan fingerprint density at radius 2 is 1.72 bits per heavy atom. The van der Waals surface area contributed by atoms with E-state index in [9.17, 15) is 0 Å². The van der Waals surface area contributed by atoms with Crippen molar-refractivity contribution in [2.24, 2.45) is 0 Å². The summed E-state index contributed by atoms with van der Waals surface area (Å²) in [5, 5.41) is 0.798. The molecule has 0 saturated carbocycles. The summed E-state index contributed by atoms with van der Waals surface area (Å²) < 4.78 is 5.43. The van der Waals surface area contributed by atoms with Gasteiger partial charge in [-0.05, 0) is 36.8 Å². The fraction of sp³-hybridized carbons (Fsp3) is 0.368. The molecule has 134 valence electrons. The molecule has 0 atom stereocenters. The number of anilines is 2. The minimum atomic E-state index is 0. The molecule has 2 aromatic carbocycles. The average molecular weight is 397 g/mol. The maximum absolute atomic E-state index is 6.27. The Bertz CT molecular complexity index is 722. The lowest BCUT2D eigenvalue weighted by atomic mass is 10.2. The van der Waals surface area contributed by atoms with Gasteiger partial charge >= 0.3 is 0 Å². The van der Waals surface area contributed by atoms with Crippen molar-refractivity contribution in [1.82, 2.24) is 4.90 Å². The molecule has 2 aliphatic heterocycles. The lowest BCUT2D eigenvalue weighted by Crippen LogP contribution is -2.38. The van der Waals surface area contributed by atoms with Gasteiger partial charge in [-0.1, -0.05) is 35.5 Å². The van der Waals surface area contributed by atoms with Gasteiger partial charge in [-0.3, -0.25) is 4.90 Å². The third-order valence-electron chi connectivity index (χ3n) is 4.55. The first kappa shape index (κ1) is 18.9. The molecule has 0 N–H and O–H groups in total. The van der Waals surface area contributed by atoms with Crippen LogP contribution in [-0.4, -0.2) is 44.3 Å². The SMILES string of the molecule is Cl.Clc1ccc2c(c1)N(CCCN1CCOCC1)c1ccccc1S2. The van der Waals surface area contributed by atoms with Gasteiger partial charge in [0.1, 0.15) is 0 Å². The average Bonchev–Trinajstić information content (AvgIpc) is 2.62. The van der Waals surface area contributed by atoms with E-state index >= 15 is 0 Å². The Hall–Kier alpha value is -0.910. The maximum Gasteiger partial charge on any atom is 0.0594 e. The van der Waals surface area contributed by atoms with Crippen LogP contribution < -0.4 is 4.90 Å². The predicted octanol–water partition coefficient (Wildman–Crippen LogP) is 5.09. The van der Waals surface area contributed by atoms with Crippen LogP contribution in [0.2, 0.25) is 5.02 Å². The second-order valence-corrected chi connectivity index (χ2v) is 7.66. The second kappa shape index (κ2) is 8.65. The fourth-order valence-electron chi connectivity index (χ4n) is 3.32. The Morgan fingerprint density at radius 3 is 2.56 bits per heavy atom. The summed E-state index contributed by atoms with van der Waals surface area (Å²) in [5.74, 6) is 0. The van der Waals surface area contributed by atoms with Crippen LogP contribution in [0, 0.1) is 0 Å². The molecule has 6 heteroatoms. The predicted molar refractivity (Wildman–Crippen MR) is 108 cm³/mol. The summed E-state index contributed by atoms with van der Waals surface area (Å²) in [5.41, 5.74) is 2.52. The van der Waals surface area contributed by atoms with Crippen molar-refractivity contribution in [3.8, 4) is 0 Å². The zero-order valence-electron chi connectivity index (χ0n) is 14.0. The van der Waals surface area contributed by atoms with Gasteiger partial charge in [-0.15, -0.1) is 12.4 Å². The van der Waals surface area contributed by atoms with Crippen molar-refractivity contribution >= 4 is 47.1 Å². The van der Waals surface area contributed by atoms with Crippen molar-refractivity contribution in [2.45, 2.75) is 16.2 Å². The molecule has 0 aromatic heterocycles. The van der Waals surface area contributed by atoms with Crippen LogP contribution >= 0.6 is 35.8 Å². The van der Waals surface area contributed by atoms with Crippen molar-refractivity contribution in [2.75, 3.05) is 44.3 Å². The summed E-state index contributed by atoms with van der Waals surface area (Å²) in [6.45, 7) is 5.94. The van der Waals surface area contributed by atoms with E-state index in [1.54, 1.807) is 0 Å². The standard InChI is InChI=1S/C19H21ClN2OS.ClH/c20-15-6-7-19-17(14-15)22(16-4-1-2-5-18(16)24-19)9-3-8-21-10-12-23-13-11-21;/h1-2,4-7,14H,3,8-13H2;1H. The van der Waals surface area contributed by atoms with Crippen LogP contribution in [0.3, 0.4) is 0 Å². The van der Waals surface area contributed by atoms with Crippen molar-refractivity contribution < 1.29 is 4.74 Å². The normalized spacial score (nSPS) is 16.8. The van der Waals surface area contributed by atoms with Gasteiger partial charge in [0.15, 0.2) is 0 Å². The molecule has 0 spiro atoms. The number of nitrogens with zero attached hydrogens (tertiary/aromatic N) is 2. The molecular weight excluding hydrogens is 375 g/mol. The number of ether oxygens (including phenoxy) is 1. The number of morpholine rings is 1.